The number of likely N-dealkylation sites (N-methyl/N-ethyl adjacent to an activating group) is 2. The molecule has 0 saturated carbocycles. The lowest BCUT2D eigenvalue weighted by atomic mass is 10.2. The number of amides is 4. The van der Waals surface area contributed by atoms with Crippen LogP contribution < -0.4 is 5.32 Å². The summed E-state index contributed by atoms with van der Waals surface area (Å²) >= 11 is 1.73. The second-order valence-electron chi connectivity index (χ2n) is 5.94. The third-order valence-electron chi connectivity index (χ3n) is 4.35. The smallest absolute Gasteiger partial charge is 0.326 e. The normalized spacial score (nSPS) is 20.3. The highest BCUT2D eigenvalue weighted by atomic mass is 32.1. The molecule has 0 bridgehead atoms. The van der Waals surface area contributed by atoms with Crippen LogP contribution in [0.5, 0.6) is 0 Å². The van der Waals surface area contributed by atoms with Gasteiger partial charge in [-0.3, -0.25) is 14.5 Å². The molecule has 0 aromatic carbocycles. The summed E-state index contributed by atoms with van der Waals surface area (Å²) in [6.07, 6.45) is 4.09. The molecule has 1 saturated heterocycles. The zero-order chi connectivity index (χ0) is 16.6. The Hall–Kier alpha value is -1.96. The van der Waals surface area contributed by atoms with Crippen molar-refractivity contribution in [3.8, 4) is 0 Å². The van der Waals surface area contributed by atoms with Gasteiger partial charge in [-0.25, -0.2) is 9.78 Å². The van der Waals surface area contributed by atoms with E-state index in [0.29, 0.717) is 13.0 Å². The van der Waals surface area contributed by atoms with Crippen molar-refractivity contribution in [3.63, 3.8) is 0 Å². The van der Waals surface area contributed by atoms with Gasteiger partial charge >= 0.3 is 6.03 Å². The van der Waals surface area contributed by atoms with Crippen molar-refractivity contribution in [2.45, 2.75) is 38.1 Å². The van der Waals surface area contributed by atoms with Crippen molar-refractivity contribution >= 4 is 29.2 Å². The van der Waals surface area contributed by atoms with Crippen LogP contribution in [-0.2, 0) is 28.9 Å². The van der Waals surface area contributed by atoms with Crippen LogP contribution in [-0.4, -0.2) is 59.3 Å². The van der Waals surface area contributed by atoms with E-state index in [-0.39, 0.29) is 24.3 Å². The number of rotatable bonds is 5. The Morgan fingerprint density at radius 3 is 2.78 bits per heavy atom. The first kappa shape index (κ1) is 15.9. The van der Waals surface area contributed by atoms with Gasteiger partial charge in [0, 0.05) is 31.9 Å². The van der Waals surface area contributed by atoms with Crippen LogP contribution >= 0.6 is 11.3 Å². The van der Waals surface area contributed by atoms with E-state index in [4.69, 9.17) is 0 Å². The molecule has 23 heavy (non-hydrogen) atoms. The first-order valence-corrected chi connectivity index (χ1v) is 8.57. The first-order valence-electron chi connectivity index (χ1n) is 7.76. The Bertz CT molecular complexity index is 636. The summed E-state index contributed by atoms with van der Waals surface area (Å²) in [4.78, 5) is 43.9. The quantitative estimate of drug-likeness (QED) is 0.797. The Kier molecular flexibility index (Phi) is 4.34. The summed E-state index contributed by atoms with van der Waals surface area (Å²) in [6, 6.07) is -1.07. The van der Waals surface area contributed by atoms with Crippen LogP contribution in [0.1, 0.15) is 28.4 Å². The largest absolute Gasteiger partial charge is 0.356 e. The minimum absolute atomic E-state index is 0.000216. The molecule has 2 heterocycles. The molecular weight excluding hydrogens is 316 g/mol. The van der Waals surface area contributed by atoms with Crippen LogP contribution in [0.25, 0.3) is 0 Å². The molecule has 1 fully saturated rings. The molecule has 4 amide bonds. The molecule has 1 aromatic heterocycles. The maximum atomic E-state index is 12.0. The van der Waals surface area contributed by atoms with Crippen LogP contribution in [0.3, 0.4) is 0 Å². The number of aromatic nitrogens is 1. The number of aryl methyl sites for hydroxylation is 2. The highest BCUT2D eigenvalue weighted by molar-refractivity contribution is 7.11. The van der Waals surface area contributed by atoms with E-state index in [1.165, 1.54) is 28.9 Å². The molecule has 0 spiro atoms. The summed E-state index contributed by atoms with van der Waals surface area (Å²) in [7, 11) is 2.97. The van der Waals surface area contributed by atoms with Gasteiger partial charge in [-0.1, -0.05) is 0 Å². The molecular formula is C15H20N4O3S. The van der Waals surface area contributed by atoms with Crippen molar-refractivity contribution in [1.82, 2.24) is 20.1 Å². The average Bonchev–Trinajstić information content (AvgIpc) is 3.14. The number of imide groups is 1. The third kappa shape index (κ3) is 3.08. The van der Waals surface area contributed by atoms with Crippen LogP contribution in [0.4, 0.5) is 4.79 Å². The Balaban J connectivity index is 1.46. The standard InChI is InChI=1S/C15H20N4O3S/c1-18-10(14(21)19(2)15(18)22)8-12(20)16-7-6-13-17-9-4-3-5-11(9)23-13/h10H,3-8H2,1-2H3,(H,16,20)/t10-/m0/s1. The summed E-state index contributed by atoms with van der Waals surface area (Å²) in [5.74, 6) is -0.550. The average molecular weight is 336 g/mol. The number of hydrogen-bond acceptors (Lipinski definition) is 5. The first-order chi connectivity index (χ1) is 11.0. The molecule has 1 aliphatic carbocycles. The molecule has 3 rings (SSSR count). The van der Waals surface area contributed by atoms with Crippen LogP contribution in [0.15, 0.2) is 0 Å². The molecule has 2 aliphatic rings. The fourth-order valence-corrected chi connectivity index (χ4v) is 4.14. The summed E-state index contributed by atoms with van der Waals surface area (Å²) in [6.45, 7) is 0.500. The van der Waals surface area contributed by atoms with Crippen molar-refractivity contribution in [2.75, 3.05) is 20.6 Å². The highest BCUT2D eigenvalue weighted by Gasteiger charge is 2.41. The maximum Gasteiger partial charge on any atom is 0.326 e. The number of carbonyl (C=O) groups is 3. The molecule has 0 radical (unpaired) electrons. The fraction of sp³-hybridized carbons (Fsp3) is 0.600. The number of urea groups is 1. The number of carbonyl (C=O) groups excluding carboxylic acids is 3. The molecule has 7 nitrogen and oxygen atoms in total. The van der Waals surface area contributed by atoms with Crippen molar-refractivity contribution < 1.29 is 14.4 Å². The van der Waals surface area contributed by atoms with E-state index in [1.54, 1.807) is 18.4 Å². The number of nitrogens with zero attached hydrogens (tertiary/aromatic N) is 3. The SMILES string of the molecule is CN1C(=O)[C@H](CC(=O)NCCc2nc3c(s2)CCC3)N(C)C1=O. The lowest BCUT2D eigenvalue weighted by Gasteiger charge is -2.15. The zero-order valence-corrected chi connectivity index (χ0v) is 14.1. The predicted molar refractivity (Wildman–Crippen MR) is 85.2 cm³/mol. The van der Waals surface area contributed by atoms with E-state index >= 15 is 0 Å². The van der Waals surface area contributed by atoms with Crippen molar-refractivity contribution in [3.05, 3.63) is 15.6 Å². The molecule has 1 aromatic rings. The summed E-state index contributed by atoms with van der Waals surface area (Å²) < 4.78 is 0. The van der Waals surface area contributed by atoms with Gasteiger partial charge < -0.3 is 10.2 Å². The Morgan fingerprint density at radius 2 is 2.13 bits per heavy atom. The van der Waals surface area contributed by atoms with Gasteiger partial charge in [0.2, 0.25) is 5.91 Å². The third-order valence-corrected chi connectivity index (χ3v) is 5.57. The maximum absolute atomic E-state index is 12.0. The van der Waals surface area contributed by atoms with Crippen LogP contribution in [0, 0.1) is 0 Å². The minimum Gasteiger partial charge on any atom is -0.356 e. The molecule has 8 heteroatoms. The monoisotopic (exact) mass is 336 g/mol. The van der Waals surface area contributed by atoms with E-state index in [9.17, 15) is 14.4 Å². The van der Waals surface area contributed by atoms with E-state index in [1.807, 2.05) is 0 Å². The van der Waals surface area contributed by atoms with Gasteiger partial charge in [-0.05, 0) is 19.3 Å². The molecule has 0 unspecified atom stereocenters. The fourth-order valence-electron chi connectivity index (χ4n) is 2.99. The van der Waals surface area contributed by atoms with Gasteiger partial charge in [0.1, 0.15) is 6.04 Å². The Morgan fingerprint density at radius 1 is 1.35 bits per heavy atom. The molecule has 1 aliphatic heterocycles. The second kappa shape index (κ2) is 6.27. The lowest BCUT2D eigenvalue weighted by Crippen LogP contribution is -2.37. The van der Waals surface area contributed by atoms with Gasteiger partial charge in [-0.15, -0.1) is 11.3 Å². The van der Waals surface area contributed by atoms with Gasteiger partial charge in [-0.2, -0.15) is 0 Å². The van der Waals surface area contributed by atoms with E-state index in [2.05, 4.69) is 10.3 Å². The van der Waals surface area contributed by atoms with Crippen molar-refractivity contribution in [1.29, 1.82) is 0 Å². The second-order valence-corrected chi connectivity index (χ2v) is 7.11. The minimum atomic E-state index is -0.698. The van der Waals surface area contributed by atoms with Crippen LogP contribution in [0.2, 0.25) is 0 Å². The number of thiazole rings is 1. The van der Waals surface area contributed by atoms with E-state index in [0.717, 1.165) is 22.7 Å². The number of nitrogens with one attached hydrogen (secondary N) is 1. The lowest BCUT2D eigenvalue weighted by molar-refractivity contribution is -0.131. The summed E-state index contributed by atoms with van der Waals surface area (Å²) in [5, 5.41) is 3.87. The van der Waals surface area contributed by atoms with Gasteiger partial charge in [0.15, 0.2) is 0 Å². The topological polar surface area (TPSA) is 82.6 Å². The van der Waals surface area contributed by atoms with Gasteiger partial charge in [0.05, 0.1) is 17.1 Å². The molecule has 124 valence electrons. The number of hydrogen-bond donors (Lipinski definition) is 1. The number of fused-ring (bicyclic) bond motifs is 1. The zero-order valence-electron chi connectivity index (χ0n) is 13.3. The molecule has 1 atom stereocenters. The van der Waals surface area contributed by atoms with Crippen molar-refractivity contribution in [2.24, 2.45) is 0 Å². The highest BCUT2D eigenvalue weighted by Crippen LogP contribution is 2.27. The summed E-state index contributed by atoms with van der Waals surface area (Å²) in [5.41, 5.74) is 1.22. The predicted octanol–water partition coefficient (Wildman–Crippen LogP) is 0.573. The Labute approximate surface area is 138 Å². The van der Waals surface area contributed by atoms with Gasteiger partial charge in [0.25, 0.3) is 5.91 Å². The molecule has 1 N–H and O–H groups in total. The van der Waals surface area contributed by atoms with E-state index < -0.39 is 6.04 Å².